The van der Waals surface area contributed by atoms with E-state index in [1.165, 1.54) is 0 Å². The van der Waals surface area contributed by atoms with Crippen molar-refractivity contribution in [2.24, 2.45) is 0 Å². The van der Waals surface area contributed by atoms with E-state index in [1.54, 1.807) is 42.1 Å². The molecule has 0 spiro atoms. The maximum atomic E-state index is 12.4. The van der Waals surface area contributed by atoms with Gasteiger partial charge in [-0.3, -0.25) is 4.79 Å². The molecule has 124 valence electrons. The average molecular weight is 332 g/mol. The quantitative estimate of drug-likeness (QED) is 0.795. The Labute approximate surface area is 145 Å². The van der Waals surface area contributed by atoms with Crippen molar-refractivity contribution in [3.8, 4) is 17.5 Å². The molecule has 1 amide bonds. The number of benzene rings is 2. The van der Waals surface area contributed by atoms with Crippen LogP contribution in [0.1, 0.15) is 21.7 Å². The van der Waals surface area contributed by atoms with Crippen molar-refractivity contribution in [2.45, 2.75) is 6.92 Å². The molecule has 1 aromatic heterocycles. The van der Waals surface area contributed by atoms with Gasteiger partial charge in [-0.25, -0.2) is 4.68 Å². The van der Waals surface area contributed by atoms with E-state index in [0.29, 0.717) is 22.7 Å². The number of carbonyl (C=O) groups is 1. The first kappa shape index (κ1) is 16.3. The first-order valence-electron chi connectivity index (χ1n) is 7.63. The average Bonchev–Trinajstić information content (AvgIpc) is 3.04. The van der Waals surface area contributed by atoms with Crippen LogP contribution in [0.4, 0.5) is 5.69 Å². The van der Waals surface area contributed by atoms with Crippen molar-refractivity contribution in [3.05, 3.63) is 71.5 Å². The number of hydrogen-bond donors (Lipinski definition) is 1. The van der Waals surface area contributed by atoms with Gasteiger partial charge in [0.05, 0.1) is 24.4 Å². The lowest BCUT2D eigenvalue weighted by molar-refractivity contribution is 0.102. The molecule has 6 heteroatoms. The summed E-state index contributed by atoms with van der Waals surface area (Å²) in [4.78, 5) is 12.4. The fourth-order valence-corrected chi connectivity index (χ4v) is 2.45. The number of nitrogens with zero attached hydrogens (tertiary/aromatic N) is 3. The second-order valence-corrected chi connectivity index (χ2v) is 5.43. The molecule has 3 aromatic rings. The molecule has 0 unspecified atom stereocenters. The molecule has 0 atom stereocenters. The van der Waals surface area contributed by atoms with Crippen molar-refractivity contribution >= 4 is 11.6 Å². The van der Waals surface area contributed by atoms with Gasteiger partial charge in [-0.1, -0.05) is 12.1 Å². The van der Waals surface area contributed by atoms with Gasteiger partial charge in [-0.05, 0) is 43.3 Å². The lowest BCUT2D eigenvalue weighted by Crippen LogP contribution is -2.13. The Morgan fingerprint density at radius 2 is 2.00 bits per heavy atom. The van der Waals surface area contributed by atoms with Crippen LogP contribution in [0.15, 0.2) is 54.6 Å². The Bertz CT molecular complexity index is 970. The smallest absolute Gasteiger partial charge is 0.276 e. The number of nitriles is 1. The molecular formula is C19H16N4O2. The molecule has 0 radical (unpaired) electrons. The van der Waals surface area contributed by atoms with Gasteiger partial charge < -0.3 is 10.1 Å². The van der Waals surface area contributed by atoms with Gasteiger partial charge in [0.15, 0.2) is 5.69 Å². The third-order valence-corrected chi connectivity index (χ3v) is 3.67. The molecule has 0 saturated heterocycles. The number of aryl methyl sites for hydroxylation is 1. The highest BCUT2D eigenvalue weighted by Gasteiger charge is 2.14. The van der Waals surface area contributed by atoms with E-state index in [1.807, 2.05) is 37.3 Å². The first-order chi connectivity index (χ1) is 12.1. The maximum Gasteiger partial charge on any atom is 0.276 e. The topological polar surface area (TPSA) is 79.9 Å². The summed E-state index contributed by atoms with van der Waals surface area (Å²) in [6.07, 6.45) is 0. The van der Waals surface area contributed by atoms with Crippen LogP contribution in [0.2, 0.25) is 0 Å². The van der Waals surface area contributed by atoms with Crippen LogP contribution in [-0.2, 0) is 0 Å². The van der Waals surface area contributed by atoms with Gasteiger partial charge in [-0.2, -0.15) is 10.4 Å². The summed E-state index contributed by atoms with van der Waals surface area (Å²) < 4.78 is 6.91. The Morgan fingerprint density at radius 3 is 2.76 bits per heavy atom. The van der Waals surface area contributed by atoms with Gasteiger partial charge in [0, 0.05) is 17.4 Å². The van der Waals surface area contributed by atoms with Gasteiger partial charge in [0.2, 0.25) is 0 Å². The number of ether oxygens (including phenoxy) is 1. The zero-order chi connectivity index (χ0) is 17.8. The Balaban J connectivity index is 1.86. The summed E-state index contributed by atoms with van der Waals surface area (Å²) in [5.74, 6) is 0.381. The SMILES string of the molecule is COc1cccc(-n2nc(C(=O)Nc3cccc(C#N)c3)cc2C)c1. The van der Waals surface area contributed by atoms with Crippen LogP contribution in [-0.4, -0.2) is 22.8 Å². The number of anilines is 1. The van der Waals surface area contributed by atoms with Gasteiger partial charge in [0.25, 0.3) is 5.91 Å². The van der Waals surface area contributed by atoms with E-state index < -0.39 is 0 Å². The van der Waals surface area contributed by atoms with Crippen molar-refractivity contribution in [3.63, 3.8) is 0 Å². The van der Waals surface area contributed by atoms with Crippen molar-refractivity contribution in [2.75, 3.05) is 12.4 Å². The number of rotatable bonds is 4. The second-order valence-electron chi connectivity index (χ2n) is 5.43. The monoisotopic (exact) mass is 332 g/mol. The number of carbonyl (C=O) groups excluding carboxylic acids is 1. The zero-order valence-electron chi connectivity index (χ0n) is 13.9. The summed E-state index contributed by atoms with van der Waals surface area (Å²) in [6, 6.07) is 17.9. The maximum absolute atomic E-state index is 12.4. The molecule has 0 aliphatic carbocycles. The highest BCUT2D eigenvalue weighted by Crippen LogP contribution is 2.19. The number of amides is 1. The zero-order valence-corrected chi connectivity index (χ0v) is 13.9. The molecule has 1 N–H and O–H groups in total. The van der Waals surface area contributed by atoms with E-state index in [-0.39, 0.29) is 5.91 Å². The lowest BCUT2D eigenvalue weighted by atomic mass is 10.2. The van der Waals surface area contributed by atoms with E-state index >= 15 is 0 Å². The van der Waals surface area contributed by atoms with Crippen LogP contribution in [0.3, 0.4) is 0 Å². The van der Waals surface area contributed by atoms with Crippen LogP contribution in [0.5, 0.6) is 5.75 Å². The van der Waals surface area contributed by atoms with Crippen LogP contribution < -0.4 is 10.1 Å². The highest BCUT2D eigenvalue weighted by atomic mass is 16.5. The van der Waals surface area contributed by atoms with E-state index in [0.717, 1.165) is 11.4 Å². The molecular weight excluding hydrogens is 316 g/mol. The third kappa shape index (κ3) is 3.51. The van der Waals surface area contributed by atoms with Crippen LogP contribution >= 0.6 is 0 Å². The molecule has 1 heterocycles. The predicted octanol–water partition coefficient (Wildman–Crippen LogP) is 3.31. The number of aromatic nitrogens is 2. The molecule has 0 fully saturated rings. The van der Waals surface area contributed by atoms with Crippen molar-refractivity contribution in [1.29, 1.82) is 5.26 Å². The molecule has 0 aliphatic rings. The fraction of sp³-hybridized carbons (Fsp3) is 0.105. The highest BCUT2D eigenvalue weighted by molar-refractivity contribution is 6.03. The van der Waals surface area contributed by atoms with Crippen LogP contribution in [0, 0.1) is 18.3 Å². The van der Waals surface area contributed by atoms with E-state index in [9.17, 15) is 4.79 Å². The van der Waals surface area contributed by atoms with Gasteiger partial charge in [0.1, 0.15) is 5.75 Å². The number of nitrogens with one attached hydrogen (secondary N) is 1. The molecule has 2 aromatic carbocycles. The number of methoxy groups -OCH3 is 1. The molecule has 0 aliphatic heterocycles. The predicted molar refractivity (Wildman–Crippen MR) is 94.0 cm³/mol. The Hall–Kier alpha value is -3.59. The summed E-state index contributed by atoms with van der Waals surface area (Å²) >= 11 is 0. The molecule has 25 heavy (non-hydrogen) atoms. The molecule has 0 saturated carbocycles. The normalized spacial score (nSPS) is 10.1. The summed E-state index contributed by atoms with van der Waals surface area (Å²) in [5, 5.41) is 16.1. The summed E-state index contributed by atoms with van der Waals surface area (Å²) in [5.41, 5.74) is 2.96. The minimum absolute atomic E-state index is 0.294. The third-order valence-electron chi connectivity index (χ3n) is 3.67. The minimum atomic E-state index is -0.333. The van der Waals surface area contributed by atoms with E-state index in [2.05, 4.69) is 10.4 Å². The standard InChI is InChI=1S/C19H16N4O2/c1-13-9-18(19(24)21-15-6-3-5-14(10-15)12-20)22-23(13)16-7-4-8-17(11-16)25-2/h3-11H,1-2H3,(H,21,24). The van der Waals surface area contributed by atoms with Gasteiger partial charge >= 0.3 is 0 Å². The fourth-order valence-electron chi connectivity index (χ4n) is 2.45. The van der Waals surface area contributed by atoms with Crippen LogP contribution in [0.25, 0.3) is 5.69 Å². The second kappa shape index (κ2) is 6.89. The Kier molecular flexibility index (Phi) is 4.48. The largest absolute Gasteiger partial charge is 0.497 e. The van der Waals surface area contributed by atoms with E-state index in [4.69, 9.17) is 10.00 Å². The van der Waals surface area contributed by atoms with Crippen molar-refractivity contribution < 1.29 is 9.53 Å². The summed E-state index contributed by atoms with van der Waals surface area (Å²) in [6.45, 7) is 1.87. The molecule has 0 bridgehead atoms. The minimum Gasteiger partial charge on any atom is -0.497 e. The van der Waals surface area contributed by atoms with Gasteiger partial charge in [-0.15, -0.1) is 0 Å². The lowest BCUT2D eigenvalue weighted by Gasteiger charge is -2.06. The van der Waals surface area contributed by atoms with Crippen molar-refractivity contribution in [1.82, 2.24) is 9.78 Å². The first-order valence-corrected chi connectivity index (χ1v) is 7.63. The number of hydrogen-bond acceptors (Lipinski definition) is 4. The molecule has 6 nitrogen and oxygen atoms in total. The summed E-state index contributed by atoms with van der Waals surface area (Å²) in [7, 11) is 1.60. The molecule has 3 rings (SSSR count). The Morgan fingerprint density at radius 1 is 1.20 bits per heavy atom.